The second-order valence-corrected chi connectivity index (χ2v) is 5.98. The molecule has 0 bridgehead atoms. The summed E-state index contributed by atoms with van der Waals surface area (Å²) in [5.41, 5.74) is 1.78. The molecule has 1 fully saturated rings. The second kappa shape index (κ2) is 7.13. The highest BCUT2D eigenvalue weighted by atomic mass is 19.4. The second-order valence-electron chi connectivity index (χ2n) is 5.98. The van der Waals surface area contributed by atoms with Crippen molar-refractivity contribution < 1.29 is 22.7 Å². The van der Waals surface area contributed by atoms with Gasteiger partial charge in [-0.15, -0.1) is 0 Å². The first-order valence-electron chi connectivity index (χ1n) is 7.89. The zero-order valence-corrected chi connectivity index (χ0v) is 13.3. The zero-order chi connectivity index (χ0) is 17.9. The van der Waals surface area contributed by atoms with Crippen molar-refractivity contribution in [3.05, 3.63) is 59.8 Å². The van der Waals surface area contributed by atoms with Crippen LogP contribution in [0.1, 0.15) is 23.5 Å². The number of amides is 1. The number of halogens is 3. The van der Waals surface area contributed by atoms with E-state index in [9.17, 15) is 18.0 Å². The summed E-state index contributed by atoms with van der Waals surface area (Å²) < 4.78 is 41.1. The molecule has 2 aromatic rings. The quantitative estimate of drug-likeness (QED) is 0.868. The number of rotatable bonds is 6. The van der Waals surface area contributed by atoms with Gasteiger partial charge in [-0.2, -0.15) is 13.2 Å². The Balaban J connectivity index is 1.50. The first-order chi connectivity index (χ1) is 11.9. The van der Waals surface area contributed by atoms with Crippen molar-refractivity contribution in [2.45, 2.75) is 25.1 Å². The molecule has 7 heteroatoms. The van der Waals surface area contributed by atoms with Crippen LogP contribution in [0.5, 0.6) is 5.88 Å². The largest absolute Gasteiger partial charge is 0.468 e. The first-order valence-corrected chi connectivity index (χ1v) is 7.89. The van der Waals surface area contributed by atoms with Crippen LogP contribution in [0, 0.1) is 5.92 Å². The average molecular weight is 350 g/mol. The predicted octanol–water partition coefficient (Wildman–Crippen LogP) is 3.44. The van der Waals surface area contributed by atoms with E-state index < -0.39 is 12.8 Å². The fourth-order valence-electron chi connectivity index (χ4n) is 2.67. The van der Waals surface area contributed by atoms with Crippen LogP contribution in [-0.4, -0.2) is 23.7 Å². The van der Waals surface area contributed by atoms with E-state index in [1.807, 2.05) is 30.3 Å². The van der Waals surface area contributed by atoms with Crippen LogP contribution < -0.4 is 10.1 Å². The molecule has 1 aromatic heterocycles. The Morgan fingerprint density at radius 2 is 2.00 bits per heavy atom. The zero-order valence-electron chi connectivity index (χ0n) is 13.3. The first kappa shape index (κ1) is 17.3. The molecule has 0 saturated heterocycles. The maximum atomic E-state index is 12.2. The van der Waals surface area contributed by atoms with Crippen molar-refractivity contribution >= 4 is 5.91 Å². The van der Waals surface area contributed by atoms with Crippen LogP contribution in [-0.2, 0) is 11.3 Å². The number of pyridine rings is 1. The molecule has 4 nitrogen and oxygen atoms in total. The summed E-state index contributed by atoms with van der Waals surface area (Å²) in [4.78, 5) is 15.9. The average Bonchev–Trinajstić information content (AvgIpc) is 3.39. The molecule has 1 N–H and O–H groups in total. The minimum atomic E-state index is -4.41. The molecule has 1 aliphatic rings. The van der Waals surface area contributed by atoms with Crippen LogP contribution in [0.4, 0.5) is 13.2 Å². The van der Waals surface area contributed by atoms with E-state index >= 15 is 0 Å². The van der Waals surface area contributed by atoms with Gasteiger partial charge in [0.15, 0.2) is 6.61 Å². The van der Waals surface area contributed by atoms with Crippen LogP contribution in [0.25, 0.3) is 0 Å². The minimum Gasteiger partial charge on any atom is -0.468 e. The third kappa shape index (κ3) is 4.95. The Kier molecular flexibility index (Phi) is 4.92. The maximum Gasteiger partial charge on any atom is 0.422 e. The summed E-state index contributed by atoms with van der Waals surface area (Å²) in [6.45, 7) is -1.17. The van der Waals surface area contributed by atoms with Gasteiger partial charge in [0.1, 0.15) is 0 Å². The van der Waals surface area contributed by atoms with Gasteiger partial charge in [0, 0.05) is 24.7 Å². The highest BCUT2D eigenvalue weighted by Gasteiger charge is 2.43. The lowest BCUT2D eigenvalue weighted by Gasteiger charge is -2.10. The summed E-state index contributed by atoms with van der Waals surface area (Å²) >= 11 is 0. The summed E-state index contributed by atoms with van der Waals surface area (Å²) in [6.07, 6.45) is -2.24. The molecular formula is C18H17F3N2O2. The summed E-state index contributed by atoms with van der Waals surface area (Å²) in [5, 5.41) is 2.82. The van der Waals surface area contributed by atoms with Crippen LogP contribution in [0.2, 0.25) is 0 Å². The number of carbonyl (C=O) groups is 1. The van der Waals surface area contributed by atoms with Gasteiger partial charge >= 0.3 is 6.18 Å². The van der Waals surface area contributed by atoms with Gasteiger partial charge in [0.25, 0.3) is 0 Å². The molecular weight excluding hydrogens is 333 g/mol. The molecule has 0 radical (unpaired) electrons. The van der Waals surface area contributed by atoms with Crippen molar-refractivity contribution in [3.8, 4) is 5.88 Å². The molecule has 3 rings (SSSR count). The number of hydrogen-bond acceptors (Lipinski definition) is 3. The Labute approximate surface area is 143 Å². The maximum absolute atomic E-state index is 12.2. The highest BCUT2D eigenvalue weighted by molar-refractivity contribution is 5.82. The Morgan fingerprint density at radius 1 is 1.24 bits per heavy atom. The SMILES string of the molecule is O=C(NCc1ccnc(OCC(F)(F)F)c1)C1CC1c1ccccc1. The molecule has 2 unspecified atom stereocenters. The monoisotopic (exact) mass is 350 g/mol. The van der Waals surface area contributed by atoms with E-state index in [1.54, 1.807) is 6.07 Å². The third-order valence-electron chi connectivity index (χ3n) is 4.00. The molecule has 0 spiro atoms. The lowest BCUT2D eigenvalue weighted by atomic mass is 10.1. The number of nitrogens with zero attached hydrogens (tertiary/aromatic N) is 1. The standard InChI is InChI=1S/C18H17F3N2O2/c19-18(20,21)11-25-16-8-12(6-7-22-16)10-23-17(24)15-9-14(15)13-4-2-1-3-5-13/h1-8,14-15H,9-11H2,(H,23,24). The molecule has 25 heavy (non-hydrogen) atoms. The van der Waals surface area contributed by atoms with E-state index in [-0.39, 0.29) is 30.2 Å². The highest BCUT2D eigenvalue weighted by Crippen LogP contribution is 2.47. The van der Waals surface area contributed by atoms with Gasteiger partial charge in [-0.05, 0) is 29.5 Å². The Bertz CT molecular complexity index is 735. The van der Waals surface area contributed by atoms with Crippen molar-refractivity contribution in [2.75, 3.05) is 6.61 Å². The number of carbonyl (C=O) groups excluding carboxylic acids is 1. The number of alkyl halides is 3. The molecule has 1 heterocycles. The summed E-state index contributed by atoms with van der Waals surface area (Å²) in [6, 6.07) is 12.9. The summed E-state index contributed by atoms with van der Waals surface area (Å²) in [7, 11) is 0. The van der Waals surface area contributed by atoms with E-state index in [2.05, 4.69) is 15.0 Å². The van der Waals surface area contributed by atoms with Crippen LogP contribution >= 0.6 is 0 Å². The van der Waals surface area contributed by atoms with Crippen molar-refractivity contribution in [1.82, 2.24) is 10.3 Å². The fourth-order valence-corrected chi connectivity index (χ4v) is 2.67. The molecule has 0 aliphatic heterocycles. The fraction of sp³-hybridized carbons (Fsp3) is 0.333. The Hall–Kier alpha value is -2.57. The molecule has 132 valence electrons. The molecule has 1 saturated carbocycles. The molecule has 1 aliphatic carbocycles. The number of hydrogen-bond donors (Lipinski definition) is 1. The van der Waals surface area contributed by atoms with Crippen LogP contribution in [0.3, 0.4) is 0 Å². The smallest absolute Gasteiger partial charge is 0.422 e. The Morgan fingerprint density at radius 3 is 2.72 bits per heavy atom. The number of ether oxygens (including phenoxy) is 1. The number of aromatic nitrogens is 1. The number of nitrogens with one attached hydrogen (secondary N) is 1. The third-order valence-corrected chi connectivity index (χ3v) is 4.00. The molecule has 2 atom stereocenters. The van der Waals surface area contributed by atoms with Crippen molar-refractivity contribution in [2.24, 2.45) is 5.92 Å². The lowest BCUT2D eigenvalue weighted by Crippen LogP contribution is -2.25. The van der Waals surface area contributed by atoms with E-state index in [4.69, 9.17) is 0 Å². The van der Waals surface area contributed by atoms with E-state index in [1.165, 1.54) is 12.3 Å². The minimum absolute atomic E-state index is 0.0508. The molecule has 1 aromatic carbocycles. The normalized spacial score (nSPS) is 19.3. The van der Waals surface area contributed by atoms with E-state index in [0.717, 1.165) is 12.0 Å². The van der Waals surface area contributed by atoms with Crippen LogP contribution in [0.15, 0.2) is 48.7 Å². The van der Waals surface area contributed by atoms with Gasteiger partial charge < -0.3 is 10.1 Å². The molecule has 1 amide bonds. The number of benzene rings is 1. The van der Waals surface area contributed by atoms with Crippen molar-refractivity contribution in [3.63, 3.8) is 0 Å². The predicted molar refractivity (Wildman–Crippen MR) is 84.9 cm³/mol. The van der Waals surface area contributed by atoms with Gasteiger partial charge in [-0.25, -0.2) is 4.98 Å². The van der Waals surface area contributed by atoms with Gasteiger partial charge in [-0.3, -0.25) is 4.79 Å². The van der Waals surface area contributed by atoms with Gasteiger partial charge in [0.2, 0.25) is 11.8 Å². The van der Waals surface area contributed by atoms with E-state index in [0.29, 0.717) is 5.56 Å². The van der Waals surface area contributed by atoms with Gasteiger partial charge in [-0.1, -0.05) is 30.3 Å². The lowest BCUT2D eigenvalue weighted by molar-refractivity contribution is -0.154. The topological polar surface area (TPSA) is 51.2 Å². The van der Waals surface area contributed by atoms with Crippen molar-refractivity contribution in [1.29, 1.82) is 0 Å². The van der Waals surface area contributed by atoms with Gasteiger partial charge in [0.05, 0.1) is 0 Å². The summed E-state index contributed by atoms with van der Waals surface area (Å²) in [5.74, 6) is 0.0237.